The molecule has 0 aliphatic carbocycles. The van der Waals surface area contributed by atoms with Crippen molar-refractivity contribution in [2.75, 3.05) is 39.6 Å². The Labute approximate surface area is 612 Å². The molecule has 590 valence electrons. The molecule has 0 aromatic heterocycles. The van der Waals surface area contributed by atoms with Gasteiger partial charge in [-0.3, -0.25) is 37.3 Å². The van der Waals surface area contributed by atoms with Gasteiger partial charge in [0.15, 0.2) is 12.2 Å². The van der Waals surface area contributed by atoms with Gasteiger partial charge in [0.2, 0.25) is 0 Å². The van der Waals surface area contributed by atoms with Gasteiger partial charge in [-0.05, 0) is 63.2 Å². The molecule has 0 spiro atoms. The van der Waals surface area contributed by atoms with Gasteiger partial charge in [-0.1, -0.05) is 348 Å². The third kappa shape index (κ3) is 73.8. The first kappa shape index (κ1) is 97.5. The molecule has 2 unspecified atom stereocenters. The smallest absolute Gasteiger partial charge is 0.462 e. The highest BCUT2D eigenvalue weighted by atomic mass is 31.2. The molecular formula is C81H154O17P2. The van der Waals surface area contributed by atoms with Crippen LogP contribution in [0.15, 0.2) is 24.3 Å². The van der Waals surface area contributed by atoms with Gasteiger partial charge in [0.1, 0.15) is 19.3 Å². The lowest BCUT2D eigenvalue weighted by atomic mass is 10.0. The SMILES string of the molecule is CCCCCC/C=C\C=C/CCCCCCCC(=O)OC[C@H](COP(=O)(O)OC[C@@H](O)COP(=O)(O)OC[C@@H](COC(=O)CCCCCCCCCCCCC)OC(=O)CCCCCCCCCCCCCCC(C)C)OC(=O)CCCCCCCCCCCCCCCCCCC(C)C. The Balaban J connectivity index is 5.28. The van der Waals surface area contributed by atoms with Crippen LogP contribution in [0, 0.1) is 11.8 Å². The third-order valence-electron chi connectivity index (χ3n) is 18.3. The number of hydrogen-bond acceptors (Lipinski definition) is 15. The molecule has 100 heavy (non-hydrogen) atoms. The van der Waals surface area contributed by atoms with E-state index in [0.717, 1.165) is 121 Å². The van der Waals surface area contributed by atoms with E-state index < -0.39 is 97.5 Å². The predicted molar refractivity (Wildman–Crippen MR) is 409 cm³/mol. The van der Waals surface area contributed by atoms with Crippen LogP contribution in [0.4, 0.5) is 0 Å². The molecule has 0 aromatic rings. The Kier molecular flexibility index (Phi) is 70.3. The van der Waals surface area contributed by atoms with Crippen molar-refractivity contribution in [2.45, 2.75) is 419 Å². The van der Waals surface area contributed by atoms with Crippen LogP contribution in [-0.4, -0.2) is 96.7 Å². The van der Waals surface area contributed by atoms with Gasteiger partial charge in [-0.2, -0.15) is 0 Å². The van der Waals surface area contributed by atoms with Crippen LogP contribution in [0.1, 0.15) is 401 Å². The number of rotatable bonds is 78. The van der Waals surface area contributed by atoms with Crippen LogP contribution in [0.5, 0.6) is 0 Å². The molecule has 0 aromatic carbocycles. The van der Waals surface area contributed by atoms with E-state index >= 15 is 0 Å². The summed E-state index contributed by atoms with van der Waals surface area (Å²) in [6.07, 6.45) is 64.5. The van der Waals surface area contributed by atoms with E-state index in [9.17, 15) is 43.2 Å². The summed E-state index contributed by atoms with van der Waals surface area (Å²) in [5, 5.41) is 10.6. The van der Waals surface area contributed by atoms with Crippen molar-refractivity contribution in [2.24, 2.45) is 11.8 Å². The van der Waals surface area contributed by atoms with Crippen molar-refractivity contribution in [3.8, 4) is 0 Å². The summed E-state index contributed by atoms with van der Waals surface area (Å²) in [5.41, 5.74) is 0. The van der Waals surface area contributed by atoms with Gasteiger partial charge in [0.05, 0.1) is 26.4 Å². The molecule has 0 aliphatic heterocycles. The zero-order valence-electron chi connectivity index (χ0n) is 65.0. The summed E-state index contributed by atoms with van der Waals surface area (Å²) in [7, 11) is -9.93. The number of carbonyl (C=O) groups is 4. The van der Waals surface area contributed by atoms with Crippen LogP contribution in [0.25, 0.3) is 0 Å². The topological polar surface area (TPSA) is 237 Å². The number of aliphatic hydroxyl groups is 1. The van der Waals surface area contributed by atoms with E-state index in [1.165, 1.54) is 199 Å². The highest BCUT2D eigenvalue weighted by Crippen LogP contribution is 2.45. The highest BCUT2D eigenvalue weighted by molar-refractivity contribution is 7.47. The molecule has 0 saturated heterocycles. The quantitative estimate of drug-likeness (QED) is 0.0169. The average molecular weight is 1460 g/mol. The molecule has 0 heterocycles. The van der Waals surface area contributed by atoms with Crippen molar-refractivity contribution < 1.29 is 80.2 Å². The molecule has 0 saturated carbocycles. The fourth-order valence-electron chi connectivity index (χ4n) is 12.0. The number of hydrogen-bond donors (Lipinski definition) is 3. The summed E-state index contributed by atoms with van der Waals surface area (Å²) < 4.78 is 68.7. The monoisotopic (exact) mass is 1460 g/mol. The lowest BCUT2D eigenvalue weighted by Gasteiger charge is -2.21. The van der Waals surface area contributed by atoms with E-state index in [1.807, 2.05) is 0 Å². The maximum Gasteiger partial charge on any atom is 0.472 e. The second kappa shape index (κ2) is 72.1. The van der Waals surface area contributed by atoms with Crippen molar-refractivity contribution in [3.05, 3.63) is 24.3 Å². The molecule has 0 rings (SSSR count). The Morgan fingerprint density at radius 3 is 0.820 bits per heavy atom. The molecular weight excluding hydrogens is 1310 g/mol. The number of allylic oxidation sites excluding steroid dienone is 4. The lowest BCUT2D eigenvalue weighted by molar-refractivity contribution is -0.161. The van der Waals surface area contributed by atoms with Gasteiger partial charge < -0.3 is 33.8 Å². The van der Waals surface area contributed by atoms with Gasteiger partial charge in [0, 0.05) is 25.7 Å². The summed E-state index contributed by atoms with van der Waals surface area (Å²) in [4.78, 5) is 73.0. The van der Waals surface area contributed by atoms with Crippen LogP contribution in [-0.2, 0) is 65.4 Å². The standard InChI is InChI=1S/C81H154O17P2/c1-7-9-11-13-15-17-19-20-23-27-34-40-46-52-58-64-79(84)92-70-77(97-80(85)65-59-53-47-41-35-28-25-22-21-24-26-32-37-43-49-55-61-73(3)4)72-96-100(89,90)94-68-75(82)67-93-99(87,88)95-71-76(69-91-78(83)63-57-51-45-39-31-18-16-14-12-10-8-2)98-81(86)66-60-54-48-42-36-30-29-33-38-44-50-56-62-74(5)6/h17,19-20,23,73-77,82H,7-16,18,21-22,24-72H2,1-6H3,(H,87,88)(H,89,90)/b19-17-,23-20-/t75-,76+,77+/m0/s1. The van der Waals surface area contributed by atoms with Crippen molar-refractivity contribution in [1.29, 1.82) is 0 Å². The first-order valence-electron chi connectivity index (χ1n) is 41.3. The minimum absolute atomic E-state index is 0.101. The van der Waals surface area contributed by atoms with Gasteiger partial charge >= 0.3 is 39.5 Å². The molecule has 0 fully saturated rings. The Hall–Kier alpha value is -2.46. The zero-order chi connectivity index (χ0) is 73.5. The summed E-state index contributed by atoms with van der Waals surface area (Å²) in [6, 6.07) is 0. The van der Waals surface area contributed by atoms with Crippen LogP contribution >= 0.6 is 15.6 Å². The lowest BCUT2D eigenvalue weighted by Crippen LogP contribution is -2.30. The number of ether oxygens (including phenoxy) is 4. The summed E-state index contributed by atoms with van der Waals surface area (Å²) >= 11 is 0. The molecule has 0 bridgehead atoms. The maximum atomic E-state index is 13.1. The first-order chi connectivity index (χ1) is 48.4. The molecule has 0 amide bonds. The van der Waals surface area contributed by atoms with Gasteiger partial charge in [-0.25, -0.2) is 9.13 Å². The normalized spacial score (nSPS) is 14.1. The average Bonchev–Trinajstić information content (AvgIpc) is 0.992. The van der Waals surface area contributed by atoms with E-state index in [4.69, 9.17) is 37.0 Å². The van der Waals surface area contributed by atoms with Crippen molar-refractivity contribution >= 4 is 39.5 Å². The number of phosphoric acid groups is 2. The molecule has 3 N–H and O–H groups in total. The number of carbonyl (C=O) groups excluding carboxylic acids is 4. The minimum atomic E-state index is -4.97. The molecule has 0 aliphatic rings. The second-order valence-electron chi connectivity index (χ2n) is 29.4. The fourth-order valence-corrected chi connectivity index (χ4v) is 13.6. The predicted octanol–water partition coefficient (Wildman–Crippen LogP) is 23.8. The molecule has 5 atom stereocenters. The summed E-state index contributed by atoms with van der Waals surface area (Å²) in [5.74, 6) is -0.555. The Morgan fingerprint density at radius 2 is 0.540 bits per heavy atom. The van der Waals surface area contributed by atoms with Crippen molar-refractivity contribution in [1.82, 2.24) is 0 Å². The van der Waals surface area contributed by atoms with Crippen LogP contribution in [0.3, 0.4) is 0 Å². The van der Waals surface area contributed by atoms with E-state index in [0.29, 0.717) is 25.7 Å². The third-order valence-corrected chi connectivity index (χ3v) is 20.2. The Bertz CT molecular complexity index is 2020. The van der Waals surface area contributed by atoms with Crippen LogP contribution < -0.4 is 0 Å². The van der Waals surface area contributed by atoms with Crippen molar-refractivity contribution in [3.63, 3.8) is 0 Å². The van der Waals surface area contributed by atoms with Gasteiger partial charge in [0.25, 0.3) is 0 Å². The summed E-state index contributed by atoms with van der Waals surface area (Å²) in [6.45, 7) is 9.60. The second-order valence-corrected chi connectivity index (χ2v) is 32.3. The number of esters is 4. The zero-order valence-corrected chi connectivity index (χ0v) is 66.8. The van der Waals surface area contributed by atoms with Crippen LogP contribution in [0.2, 0.25) is 0 Å². The number of phosphoric ester groups is 2. The number of aliphatic hydroxyl groups excluding tert-OH is 1. The Morgan fingerprint density at radius 1 is 0.310 bits per heavy atom. The van der Waals surface area contributed by atoms with E-state index in [-0.39, 0.29) is 25.7 Å². The fraction of sp³-hybridized carbons (Fsp3) is 0.901. The van der Waals surface area contributed by atoms with E-state index in [2.05, 4.69) is 65.8 Å². The largest absolute Gasteiger partial charge is 0.472 e. The van der Waals surface area contributed by atoms with E-state index in [1.54, 1.807) is 0 Å². The maximum absolute atomic E-state index is 13.1. The highest BCUT2D eigenvalue weighted by Gasteiger charge is 2.30. The molecule has 0 radical (unpaired) electrons. The minimum Gasteiger partial charge on any atom is -0.462 e. The first-order valence-corrected chi connectivity index (χ1v) is 44.3. The molecule has 17 nitrogen and oxygen atoms in total. The molecule has 19 heteroatoms. The number of unbranched alkanes of at least 4 members (excludes halogenated alkanes) is 45. The van der Waals surface area contributed by atoms with Gasteiger partial charge in [-0.15, -0.1) is 0 Å².